The maximum Gasteiger partial charge on any atom is 0.0542 e. The van der Waals surface area contributed by atoms with E-state index in [-0.39, 0.29) is 0 Å². The van der Waals surface area contributed by atoms with Crippen LogP contribution in [0.15, 0.2) is 42.5 Å². The number of aryl methyl sites for hydroxylation is 2. The van der Waals surface area contributed by atoms with Gasteiger partial charge in [0.2, 0.25) is 0 Å². The van der Waals surface area contributed by atoms with Gasteiger partial charge in [-0.15, -0.1) is 0 Å². The number of fused-ring (bicyclic) bond motifs is 1. The summed E-state index contributed by atoms with van der Waals surface area (Å²) in [6.07, 6.45) is 6.44. The Bertz CT molecular complexity index is 643. The Kier molecular flexibility index (Phi) is 3.39. The van der Waals surface area contributed by atoms with Gasteiger partial charge in [-0.05, 0) is 79.0 Å². The highest BCUT2D eigenvalue weighted by Gasteiger charge is 2.32. The van der Waals surface area contributed by atoms with Crippen LogP contribution in [0.3, 0.4) is 0 Å². The summed E-state index contributed by atoms with van der Waals surface area (Å²) in [4.78, 5) is 0. The highest BCUT2D eigenvalue weighted by molar-refractivity contribution is 6.30. The molecule has 0 bridgehead atoms. The van der Waals surface area contributed by atoms with Crippen molar-refractivity contribution in [3.05, 3.63) is 64.2 Å². The zero-order valence-corrected chi connectivity index (χ0v) is 12.9. The van der Waals surface area contributed by atoms with E-state index >= 15 is 0 Å². The molecule has 1 saturated carbocycles. The maximum atomic E-state index is 6.02. The number of hydrogen-bond donors (Lipinski definition) is 1. The van der Waals surface area contributed by atoms with Gasteiger partial charge in [0.15, 0.2) is 0 Å². The van der Waals surface area contributed by atoms with Crippen molar-refractivity contribution in [2.75, 3.05) is 5.32 Å². The second-order valence-electron chi connectivity index (χ2n) is 6.35. The van der Waals surface area contributed by atoms with E-state index in [4.69, 9.17) is 11.6 Å². The summed E-state index contributed by atoms with van der Waals surface area (Å²) in [7, 11) is 0. The van der Waals surface area contributed by atoms with Crippen LogP contribution in [0, 0.1) is 5.92 Å². The lowest BCUT2D eigenvalue weighted by molar-refractivity contribution is 0.679. The van der Waals surface area contributed by atoms with E-state index in [2.05, 4.69) is 35.6 Å². The van der Waals surface area contributed by atoms with Gasteiger partial charge in [-0.1, -0.05) is 29.8 Å². The molecule has 2 heteroatoms. The molecule has 0 aromatic heterocycles. The number of nitrogens with one attached hydrogen (secondary N) is 1. The molecule has 2 aliphatic carbocycles. The molecule has 2 aromatic rings. The summed E-state index contributed by atoms with van der Waals surface area (Å²) in [6, 6.07) is 15.6. The molecule has 0 spiro atoms. The van der Waals surface area contributed by atoms with Crippen LogP contribution >= 0.6 is 11.6 Å². The number of benzene rings is 2. The monoisotopic (exact) mass is 297 g/mol. The quantitative estimate of drug-likeness (QED) is 0.797. The van der Waals surface area contributed by atoms with Crippen molar-refractivity contribution in [2.24, 2.45) is 5.92 Å². The van der Waals surface area contributed by atoms with Crippen molar-refractivity contribution >= 4 is 17.3 Å². The Labute approximate surface area is 131 Å². The van der Waals surface area contributed by atoms with Gasteiger partial charge in [0.1, 0.15) is 0 Å². The first kappa shape index (κ1) is 13.2. The van der Waals surface area contributed by atoms with E-state index in [1.54, 1.807) is 0 Å². The maximum absolute atomic E-state index is 6.02. The third-order valence-corrected chi connectivity index (χ3v) is 5.00. The average Bonchev–Trinajstić information content (AvgIpc) is 3.23. The molecule has 0 heterocycles. The highest BCUT2D eigenvalue weighted by atomic mass is 35.5. The smallest absolute Gasteiger partial charge is 0.0542 e. The van der Waals surface area contributed by atoms with Crippen LogP contribution in [0.25, 0.3) is 0 Å². The second kappa shape index (κ2) is 5.38. The molecule has 0 amide bonds. The van der Waals surface area contributed by atoms with Crippen molar-refractivity contribution < 1.29 is 0 Å². The van der Waals surface area contributed by atoms with Crippen LogP contribution in [-0.4, -0.2) is 0 Å². The molecule has 2 aromatic carbocycles. The molecule has 1 atom stereocenters. The van der Waals surface area contributed by atoms with E-state index in [0.29, 0.717) is 6.04 Å². The fourth-order valence-electron chi connectivity index (χ4n) is 3.41. The first-order valence-electron chi connectivity index (χ1n) is 7.93. The Morgan fingerprint density at radius 3 is 2.48 bits per heavy atom. The number of rotatable bonds is 4. The zero-order valence-electron chi connectivity index (χ0n) is 12.1. The Balaban J connectivity index is 1.59. The lowest BCUT2D eigenvalue weighted by atomic mass is 10.0. The normalized spacial score (nSPS) is 18.3. The van der Waals surface area contributed by atoms with Gasteiger partial charge in [-0.3, -0.25) is 0 Å². The van der Waals surface area contributed by atoms with Gasteiger partial charge in [0, 0.05) is 10.7 Å². The second-order valence-corrected chi connectivity index (χ2v) is 6.78. The molecule has 0 saturated heterocycles. The van der Waals surface area contributed by atoms with Crippen LogP contribution in [0.1, 0.15) is 42.0 Å². The topological polar surface area (TPSA) is 12.0 Å². The van der Waals surface area contributed by atoms with Gasteiger partial charge in [0.25, 0.3) is 0 Å². The van der Waals surface area contributed by atoms with E-state index in [0.717, 1.165) is 10.9 Å². The van der Waals surface area contributed by atoms with Gasteiger partial charge >= 0.3 is 0 Å². The van der Waals surface area contributed by atoms with Gasteiger partial charge in [-0.25, -0.2) is 0 Å². The summed E-state index contributed by atoms with van der Waals surface area (Å²) in [5, 5.41) is 4.57. The third kappa shape index (κ3) is 2.80. The van der Waals surface area contributed by atoms with Gasteiger partial charge in [-0.2, -0.15) is 0 Å². The van der Waals surface area contributed by atoms with Crippen molar-refractivity contribution in [1.82, 2.24) is 0 Å². The Morgan fingerprint density at radius 1 is 0.952 bits per heavy atom. The van der Waals surface area contributed by atoms with Crippen molar-refractivity contribution in [3.63, 3.8) is 0 Å². The molecular weight excluding hydrogens is 278 g/mol. The summed E-state index contributed by atoms with van der Waals surface area (Å²) < 4.78 is 0. The van der Waals surface area contributed by atoms with E-state index < -0.39 is 0 Å². The van der Waals surface area contributed by atoms with Crippen LogP contribution in [0.4, 0.5) is 5.69 Å². The predicted octanol–water partition coefficient (Wildman–Crippen LogP) is 5.39. The molecule has 1 N–H and O–H groups in total. The molecule has 108 valence electrons. The molecule has 0 aliphatic heterocycles. The fourth-order valence-corrected chi connectivity index (χ4v) is 3.54. The molecule has 4 rings (SSSR count). The zero-order chi connectivity index (χ0) is 14.2. The van der Waals surface area contributed by atoms with Crippen LogP contribution in [-0.2, 0) is 12.8 Å². The van der Waals surface area contributed by atoms with Crippen LogP contribution in [0.5, 0.6) is 0 Å². The summed E-state index contributed by atoms with van der Waals surface area (Å²) in [6.45, 7) is 0. The van der Waals surface area contributed by atoms with Gasteiger partial charge in [0.05, 0.1) is 6.04 Å². The third-order valence-electron chi connectivity index (χ3n) is 4.74. The fraction of sp³-hybridized carbons (Fsp3) is 0.368. The Hall–Kier alpha value is -1.47. The van der Waals surface area contributed by atoms with Crippen molar-refractivity contribution in [1.29, 1.82) is 0 Å². The largest absolute Gasteiger partial charge is 0.378 e. The van der Waals surface area contributed by atoms with Crippen molar-refractivity contribution in [2.45, 2.75) is 38.1 Å². The molecule has 21 heavy (non-hydrogen) atoms. The van der Waals surface area contributed by atoms with Gasteiger partial charge < -0.3 is 5.32 Å². The SMILES string of the molecule is Clc1ccc(C(Nc2ccc3c(c2)CCC3)C2CC2)cc1. The molecule has 0 radical (unpaired) electrons. The molecule has 1 fully saturated rings. The minimum Gasteiger partial charge on any atom is -0.378 e. The Morgan fingerprint density at radius 2 is 1.71 bits per heavy atom. The summed E-state index contributed by atoms with van der Waals surface area (Å²) in [5.41, 5.74) is 5.69. The highest BCUT2D eigenvalue weighted by Crippen LogP contribution is 2.43. The first-order valence-corrected chi connectivity index (χ1v) is 8.31. The standard InChI is InChI=1S/C19H20ClN/c20-17-9-6-15(7-10-17)19(14-4-5-14)21-18-11-8-13-2-1-3-16(13)12-18/h6-12,14,19,21H,1-5H2. The molecule has 1 unspecified atom stereocenters. The number of hydrogen-bond acceptors (Lipinski definition) is 1. The average molecular weight is 298 g/mol. The molecular formula is C19H20ClN. The molecule has 1 nitrogen and oxygen atoms in total. The van der Waals surface area contributed by atoms with E-state index in [1.165, 1.54) is 54.5 Å². The number of halogens is 1. The summed E-state index contributed by atoms with van der Waals surface area (Å²) >= 11 is 6.02. The predicted molar refractivity (Wildman–Crippen MR) is 89.0 cm³/mol. The lowest BCUT2D eigenvalue weighted by Crippen LogP contribution is -2.13. The molecule has 2 aliphatic rings. The van der Waals surface area contributed by atoms with Crippen LogP contribution in [0.2, 0.25) is 5.02 Å². The lowest BCUT2D eigenvalue weighted by Gasteiger charge is -2.21. The first-order chi connectivity index (χ1) is 10.3. The minimum atomic E-state index is 0.418. The summed E-state index contributed by atoms with van der Waals surface area (Å²) in [5.74, 6) is 0.763. The van der Waals surface area contributed by atoms with E-state index in [1.807, 2.05) is 12.1 Å². The van der Waals surface area contributed by atoms with Crippen molar-refractivity contribution in [3.8, 4) is 0 Å². The van der Waals surface area contributed by atoms with Crippen LogP contribution < -0.4 is 5.32 Å². The minimum absolute atomic E-state index is 0.418. The number of anilines is 1. The van der Waals surface area contributed by atoms with E-state index in [9.17, 15) is 0 Å².